The number of nitrogens with zero attached hydrogens (tertiary/aromatic N) is 2. The standard InChI is InChI=1S/C14H21N3O2/c1-10-5-3-4-6-12(10)8-15-14-11(2)7-13(9-16-14)17(18)19/h7,9-10,12H,3-6,8H2,1-2H3,(H,15,16). The molecule has 0 radical (unpaired) electrons. The highest BCUT2D eigenvalue weighted by Crippen LogP contribution is 2.30. The van der Waals surface area contributed by atoms with Crippen LogP contribution in [-0.4, -0.2) is 16.5 Å². The van der Waals surface area contributed by atoms with E-state index >= 15 is 0 Å². The van der Waals surface area contributed by atoms with Gasteiger partial charge < -0.3 is 5.32 Å². The Morgan fingerprint density at radius 1 is 1.47 bits per heavy atom. The lowest BCUT2D eigenvalue weighted by Gasteiger charge is -2.29. The van der Waals surface area contributed by atoms with Crippen LogP contribution in [-0.2, 0) is 0 Å². The molecule has 0 bridgehead atoms. The van der Waals surface area contributed by atoms with E-state index in [0.717, 1.165) is 23.8 Å². The van der Waals surface area contributed by atoms with E-state index in [1.807, 2.05) is 6.92 Å². The van der Waals surface area contributed by atoms with E-state index in [4.69, 9.17) is 0 Å². The minimum Gasteiger partial charge on any atom is -0.370 e. The van der Waals surface area contributed by atoms with Crippen LogP contribution in [0.1, 0.15) is 38.2 Å². The monoisotopic (exact) mass is 263 g/mol. The second kappa shape index (κ2) is 5.99. The minimum atomic E-state index is -0.410. The van der Waals surface area contributed by atoms with Crippen molar-refractivity contribution < 1.29 is 4.92 Å². The van der Waals surface area contributed by atoms with Gasteiger partial charge in [0, 0.05) is 12.6 Å². The number of pyridine rings is 1. The Balaban J connectivity index is 1.97. The van der Waals surface area contributed by atoms with Crippen molar-refractivity contribution in [2.75, 3.05) is 11.9 Å². The maximum absolute atomic E-state index is 10.7. The van der Waals surface area contributed by atoms with Gasteiger partial charge in [-0.25, -0.2) is 4.98 Å². The van der Waals surface area contributed by atoms with Crippen molar-refractivity contribution in [3.8, 4) is 0 Å². The second-order valence-electron chi connectivity index (χ2n) is 5.52. The van der Waals surface area contributed by atoms with Crippen LogP contribution in [0.3, 0.4) is 0 Å². The molecule has 0 amide bonds. The van der Waals surface area contributed by atoms with E-state index in [0.29, 0.717) is 5.92 Å². The van der Waals surface area contributed by atoms with E-state index in [2.05, 4.69) is 17.2 Å². The summed E-state index contributed by atoms with van der Waals surface area (Å²) in [6.07, 6.45) is 6.54. The van der Waals surface area contributed by atoms with Gasteiger partial charge in [-0.15, -0.1) is 0 Å². The number of nitrogens with one attached hydrogen (secondary N) is 1. The molecule has 19 heavy (non-hydrogen) atoms. The smallest absolute Gasteiger partial charge is 0.287 e. The zero-order valence-corrected chi connectivity index (χ0v) is 11.6. The summed E-state index contributed by atoms with van der Waals surface area (Å²) in [5, 5.41) is 14.0. The van der Waals surface area contributed by atoms with Gasteiger partial charge in [-0.3, -0.25) is 10.1 Å². The SMILES string of the molecule is Cc1cc([N+](=O)[O-])cnc1NCC1CCCCC1C. The maximum atomic E-state index is 10.7. The van der Waals surface area contributed by atoms with Crippen LogP contribution in [0, 0.1) is 28.9 Å². The third-order valence-corrected chi connectivity index (χ3v) is 4.10. The Morgan fingerprint density at radius 2 is 2.21 bits per heavy atom. The molecule has 5 nitrogen and oxygen atoms in total. The number of nitro groups is 1. The molecule has 2 atom stereocenters. The Morgan fingerprint density at radius 3 is 2.84 bits per heavy atom. The molecule has 1 N–H and O–H groups in total. The van der Waals surface area contributed by atoms with Crippen LogP contribution in [0.25, 0.3) is 0 Å². The number of aromatic nitrogens is 1. The highest BCUT2D eigenvalue weighted by atomic mass is 16.6. The summed E-state index contributed by atoms with van der Waals surface area (Å²) in [5.74, 6) is 2.20. The quantitative estimate of drug-likeness (QED) is 0.666. The third-order valence-electron chi connectivity index (χ3n) is 4.10. The van der Waals surface area contributed by atoms with Crippen molar-refractivity contribution in [3.05, 3.63) is 27.9 Å². The highest BCUT2D eigenvalue weighted by molar-refractivity contribution is 5.48. The molecule has 0 saturated heterocycles. The first-order valence-corrected chi connectivity index (χ1v) is 6.93. The highest BCUT2D eigenvalue weighted by Gasteiger charge is 2.21. The van der Waals surface area contributed by atoms with Gasteiger partial charge in [-0.05, 0) is 30.7 Å². The predicted molar refractivity (Wildman–Crippen MR) is 75.2 cm³/mol. The predicted octanol–water partition coefficient (Wildman–Crippen LogP) is 3.54. The molecule has 1 aromatic rings. The van der Waals surface area contributed by atoms with Gasteiger partial charge in [0.25, 0.3) is 5.69 Å². The molecular formula is C14H21N3O2. The molecule has 0 spiro atoms. The summed E-state index contributed by atoms with van der Waals surface area (Å²) in [6, 6.07) is 1.57. The Labute approximate surface area is 113 Å². The normalized spacial score (nSPS) is 23.1. The molecule has 1 aromatic heterocycles. The molecular weight excluding hydrogens is 242 g/mol. The zero-order valence-electron chi connectivity index (χ0n) is 11.6. The van der Waals surface area contributed by atoms with Crippen LogP contribution in [0.15, 0.2) is 12.3 Å². The van der Waals surface area contributed by atoms with Gasteiger partial charge in [-0.2, -0.15) is 0 Å². The van der Waals surface area contributed by atoms with Crippen LogP contribution >= 0.6 is 0 Å². The van der Waals surface area contributed by atoms with Crippen molar-refractivity contribution in [2.45, 2.75) is 39.5 Å². The summed E-state index contributed by atoms with van der Waals surface area (Å²) in [4.78, 5) is 14.4. The molecule has 5 heteroatoms. The minimum absolute atomic E-state index is 0.0501. The van der Waals surface area contributed by atoms with Gasteiger partial charge in [0.2, 0.25) is 0 Å². The largest absolute Gasteiger partial charge is 0.370 e. The number of aryl methyl sites for hydroxylation is 1. The fourth-order valence-corrected chi connectivity index (χ4v) is 2.77. The third kappa shape index (κ3) is 3.43. The Kier molecular flexibility index (Phi) is 4.35. The van der Waals surface area contributed by atoms with Crippen LogP contribution in [0.5, 0.6) is 0 Å². The van der Waals surface area contributed by atoms with Gasteiger partial charge >= 0.3 is 0 Å². The van der Waals surface area contributed by atoms with Crippen molar-refractivity contribution in [3.63, 3.8) is 0 Å². The first kappa shape index (κ1) is 13.8. The fourth-order valence-electron chi connectivity index (χ4n) is 2.77. The van der Waals surface area contributed by atoms with E-state index in [-0.39, 0.29) is 5.69 Å². The summed E-state index contributed by atoms with van der Waals surface area (Å²) < 4.78 is 0. The van der Waals surface area contributed by atoms with Crippen molar-refractivity contribution >= 4 is 11.5 Å². The summed E-state index contributed by atoms with van der Waals surface area (Å²) in [5.41, 5.74) is 0.881. The maximum Gasteiger partial charge on any atom is 0.287 e. The van der Waals surface area contributed by atoms with E-state index in [9.17, 15) is 10.1 Å². The van der Waals surface area contributed by atoms with Crippen LogP contribution in [0.4, 0.5) is 11.5 Å². The molecule has 1 saturated carbocycles. The summed E-state index contributed by atoms with van der Waals surface area (Å²) >= 11 is 0. The first-order chi connectivity index (χ1) is 9.08. The number of hydrogen-bond acceptors (Lipinski definition) is 4. The first-order valence-electron chi connectivity index (χ1n) is 6.93. The number of anilines is 1. The number of hydrogen-bond donors (Lipinski definition) is 1. The summed E-state index contributed by atoms with van der Waals surface area (Å²) in [6.45, 7) is 5.07. The average Bonchev–Trinajstić information content (AvgIpc) is 2.39. The van der Waals surface area contributed by atoms with E-state index < -0.39 is 4.92 Å². The Bertz CT molecular complexity index is 462. The zero-order chi connectivity index (χ0) is 13.8. The average molecular weight is 263 g/mol. The van der Waals surface area contributed by atoms with Crippen LogP contribution < -0.4 is 5.32 Å². The van der Waals surface area contributed by atoms with Crippen LogP contribution in [0.2, 0.25) is 0 Å². The molecule has 1 aliphatic rings. The van der Waals surface area contributed by atoms with Crippen molar-refractivity contribution in [2.24, 2.45) is 11.8 Å². The van der Waals surface area contributed by atoms with E-state index in [1.54, 1.807) is 6.07 Å². The topological polar surface area (TPSA) is 68.1 Å². The molecule has 1 heterocycles. The Hall–Kier alpha value is -1.65. The van der Waals surface area contributed by atoms with Gasteiger partial charge in [-0.1, -0.05) is 26.2 Å². The number of rotatable bonds is 4. The second-order valence-corrected chi connectivity index (χ2v) is 5.52. The molecule has 1 fully saturated rings. The van der Waals surface area contributed by atoms with Crippen molar-refractivity contribution in [1.82, 2.24) is 4.98 Å². The van der Waals surface area contributed by atoms with Crippen molar-refractivity contribution in [1.29, 1.82) is 0 Å². The van der Waals surface area contributed by atoms with Gasteiger partial charge in [0.1, 0.15) is 12.0 Å². The molecule has 2 rings (SSSR count). The van der Waals surface area contributed by atoms with Gasteiger partial charge in [0.05, 0.1) is 4.92 Å². The summed E-state index contributed by atoms with van der Waals surface area (Å²) in [7, 11) is 0. The van der Waals surface area contributed by atoms with Gasteiger partial charge in [0.15, 0.2) is 0 Å². The molecule has 0 aliphatic heterocycles. The molecule has 104 valence electrons. The lowest BCUT2D eigenvalue weighted by molar-refractivity contribution is -0.385. The fraction of sp³-hybridized carbons (Fsp3) is 0.643. The molecule has 0 aromatic carbocycles. The lowest BCUT2D eigenvalue weighted by atomic mass is 9.80. The molecule has 1 aliphatic carbocycles. The van der Waals surface area contributed by atoms with E-state index in [1.165, 1.54) is 31.9 Å². The lowest BCUT2D eigenvalue weighted by Crippen LogP contribution is -2.24. The molecule has 2 unspecified atom stereocenters.